The predicted molar refractivity (Wildman–Crippen MR) is 126 cm³/mol. The fourth-order valence-electron chi connectivity index (χ4n) is 5.54. The van der Waals surface area contributed by atoms with Gasteiger partial charge in [-0.3, -0.25) is 19.3 Å². The summed E-state index contributed by atoms with van der Waals surface area (Å²) in [5.41, 5.74) is 2.51. The van der Waals surface area contributed by atoms with Crippen LogP contribution >= 0.6 is 31.9 Å². The van der Waals surface area contributed by atoms with Gasteiger partial charge in [-0.25, -0.2) is 4.79 Å². The van der Waals surface area contributed by atoms with Gasteiger partial charge < -0.3 is 4.74 Å². The molecule has 1 aromatic carbocycles. The van der Waals surface area contributed by atoms with Crippen LogP contribution in [0.1, 0.15) is 41.8 Å². The number of carbonyl (C=O) groups is 4. The van der Waals surface area contributed by atoms with E-state index in [9.17, 15) is 19.2 Å². The third kappa shape index (κ3) is 3.67. The van der Waals surface area contributed by atoms with Crippen LogP contribution in [0.25, 0.3) is 0 Å². The number of rotatable bonds is 6. The number of nitrogens with zero attached hydrogens (tertiary/aromatic N) is 1. The average molecular weight is 569 g/mol. The molecule has 1 aromatic rings. The lowest BCUT2D eigenvalue weighted by Gasteiger charge is -2.28. The minimum atomic E-state index is -1.03. The molecule has 4 rings (SSSR count). The largest absolute Gasteiger partial charge is 0.456 e. The first-order valence-electron chi connectivity index (χ1n) is 11.0. The van der Waals surface area contributed by atoms with Gasteiger partial charge in [0.25, 0.3) is 0 Å². The molecule has 1 heterocycles. The zero-order chi connectivity index (χ0) is 23.5. The summed E-state index contributed by atoms with van der Waals surface area (Å²) in [6.45, 7) is 7.00. The van der Waals surface area contributed by atoms with E-state index in [4.69, 9.17) is 4.74 Å². The Morgan fingerprint density at radius 2 is 1.59 bits per heavy atom. The number of carbonyl (C=O) groups excluding carboxylic acids is 4. The molecule has 2 amide bonds. The summed E-state index contributed by atoms with van der Waals surface area (Å²) in [5, 5.41) is 0. The van der Waals surface area contributed by atoms with Crippen LogP contribution in [0.5, 0.6) is 0 Å². The van der Waals surface area contributed by atoms with Crippen molar-refractivity contribution in [2.24, 2.45) is 29.6 Å². The van der Waals surface area contributed by atoms with Crippen LogP contribution < -0.4 is 0 Å². The number of amides is 2. The number of Topliss-reactive ketones (excluding diaryl/α,β-unsaturated/α-hetero) is 1. The number of alkyl halides is 2. The van der Waals surface area contributed by atoms with Crippen molar-refractivity contribution in [1.82, 2.24) is 4.90 Å². The highest BCUT2D eigenvalue weighted by Gasteiger charge is 2.67. The Hall–Kier alpha value is -1.54. The number of ether oxygens (including phenoxy) is 1. The molecule has 0 spiro atoms. The lowest BCUT2D eigenvalue weighted by Crippen LogP contribution is -2.50. The fraction of sp³-hybridized carbons (Fsp3) is 0.583. The summed E-state index contributed by atoms with van der Waals surface area (Å²) in [7, 11) is 0. The monoisotopic (exact) mass is 567 g/mol. The Kier molecular flexibility index (Phi) is 6.40. The van der Waals surface area contributed by atoms with E-state index in [1.165, 1.54) is 0 Å². The zero-order valence-electron chi connectivity index (χ0n) is 18.5. The number of benzene rings is 1. The molecule has 0 aromatic heterocycles. The van der Waals surface area contributed by atoms with E-state index in [1.54, 1.807) is 26.0 Å². The van der Waals surface area contributed by atoms with Gasteiger partial charge in [0.2, 0.25) is 11.8 Å². The zero-order valence-corrected chi connectivity index (χ0v) is 21.7. The van der Waals surface area contributed by atoms with Crippen molar-refractivity contribution in [1.29, 1.82) is 0 Å². The standard InChI is InChI=1S/C24H27Br2NO5/c1-10(2)21(24(31)32-9-16(28)13-6-5-11(3)12(4)7-13)27-22(29)17-14-8-15(18(17)23(27)30)20(26)19(14)25/h5-7,10,14-15,17-21H,8-9H2,1-4H3/t14-,15-,17-,18-,19-,20+,21+/m0/s1. The maximum atomic E-state index is 13.3. The Labute approximate surface area is 204 Å². The lowest BCUT2D eigenvalue weighted by atomic mass is 9.81. The summed E-state index contributed by atoms with van der Waals surface area (Å²) in [6, 6.07) is 4.29. The Balaban J connectivity index is 1.49. The van der Waals surface area contributed by atoms with Crippen molar-refractivity contribution in [3.63, 3.8) is 0 Å². The van der Waals surface area contributed by atoms with Crippen molar-refractivity contribution in [2.45, 2.75) is 49.8 Å². The summed E-state index contributed by atoms with van der Waals surface area (Å²) in [6.07, 6.45) is 0.827. The Morgan fingerprint density at radius 1 is 1.03 bits per heavy atom. The van der Waals surface area contributed by atoms with Gasteiger partial charge in [0.1, 0.15) is 6.04 Å². The van der Waals surface area contributed by atoms with Crippen LogP contribution in [0, 0.1) is 43.4 Å². The smallest absolute Gasteiger partial charge is 0.330 e. The van der Waals surface area contributed by atoms with Crippen LogP contribution in [0.2, 0.25) is 0 Å². The third-order valence-electron chi connectivity index (χ3n) is 7.35. The van der Waals surface area contributed by atoms with Gasteiger partial charge in [0, 0.05) is 15.2 Å². The molecular weight excluding hydrogens is 542 g/mol. The highest BCUT2D eigenvalue weighted by atomic mass is 79.9. The first-order valence-corrected chi connectivity index (χ1v) is 12.8. The molecule has 172 valence electrons. The van der Waals surface area contributed by atoms with E-state index in [-0.39, 0.29) is 45.0 Å². The first kappa shape index (κ1) is 23.6. The highest BCUT2D eigenvalue weighted by Crippen LogP contribution is 2.60. The summed E-state index contributed by atoms with van der Waals surface area (Å²) in [4.78, 5) is 53.6. The van der Waals surface area contributed by atoms with Crippen molar-refractivity contribution in [3.8, 4) is 0 Å². The number of imide groups is 1. The van der Waals surface area contributed by atoms with E-state index in [1.807, 2.05) is 19.9 Å². The van der Waals surface area contributed by atoms with Gasteiger partial charge >= 0.3 is 5.97 Å². The highest BCUT2D eigenvalue weighted by molar-refractivity contribution is 9.12. The second-order valence-electron chi connectivity index (χ2n) is 9.57. The van der Waals surface area contributed by atoms with Crippen molar-refractivity contribution in [2.75, 3.05) is 6.61 Å². The van der Waals surface area contributed by atoms with Crippen molar-refractivity contribution < 1.29 is 23.9 Å². The maximum absolute atomic E-state index is 13.3. The molecule has 1 saturated heterocycles. The van der Waals surface area contributed by atoms with Gasteiger partial charge in [0.15, 0.2) is 12.4 Å². The number of hydrogen-bond donors (Lipinski definition) is 0. The average Bonchev–Trinajstić information content (AvgIpc) is 3.34. The van der Waals surface area contributed by atoms with Gasteiger partial charge in [-0.05, 0) is 55.2 Å². The summed E-state index contributed by atoms with van der Waals surface area (Å²) < 4.78 is 5.34. The van der Waals surface area contributed by atoms with Crippen LogP contribution in [-0.2, 0) is 19.1 Å². The fourth-order valence-corrected chi connectivity index (χ4v) is 7.42. The van der Waals surface area contributed by atoms with Crippen LogP contribution in [0.15, 0.2) is 18.2 Å². The van der Waals surface area contributed by atoms with Crippen molar-refractivity contribution in [3.05, 3.63) is 34.9 Å². The van der Waals surface area contributed by atoms with Gasteiger partial charge in [-0.2, -0.15) is 0 Å². The molecular formula is C24H27Br2NO5. The molecule has 3 aliphatic rings. The molecule has 1 aliphatic heterocycles. The minimum absolute atomic E-state index is 0.0750. The normalized spacial score (nSPS) is 31.9. The molecule has 0 radical (unpaired) electrons. The second kappa shape index (κ2) is 8.67. The van der Waals surface area contributed by atoms with Gasteiger partial charge in [-0.15, -0.1) is 0 Å². The lowest BCUT2D eigenvalue weighted by molar-refractivity contribution is -0.160. The van der Waals surface area contributed by atoms with E-state index in [2.05, 4.69) is 31.9 Å². The first-order chi connectivity index (χ1) is 15.0. The molecule has 8 heteroatoms. The van der Waals surface area contributed by atoms with E-state index in [0.29, 0.717) is 5.56 Å². The molecule has 3 fully saturated rings. The quantitative estimate of drug-likeness (QED) is 0.225. The topological polar surface area (TPSA) is 80.8 Å². The number of fused-ring (bicyclic) bond motifs is 5. The molecule has 2 saturated carbocycles. The molecule has 2 aliphatic carbocycles. The molecule has 0 unspecified atom stereocenters. The second-order valence-corrected chi connectivity index (χ2v) is 11.7. The number of esters is 1. The van der Waals surface area contributed by atoms with E-state index < -0.39 is 30.5 Å². The number of hydrogen-bond acceptors (Lipinski definition) is 5. The molecule has 7 atom stereocenters. The maximum Gasteiger partial charge on any atom is 0.330 e. The molecule has 0 N–H and O–H groups in total. The number of aryl methyl sites for hydroxylation is 2. The SMILES string of the molecule is Cc1ccc(C(=O)COC(=O)[C@@H](C(C)C)N2C(=O)[C@H]3[C@@H]4C[C@H]([C@@H](Br)[C@H]4Br)[C@@H]3C2=O)cc1C. The summed E-state index contributed by atoms with van der Waals surface area (Å²) >= 11 is 7.35. The number of likely N-dealkylation sites (tertiary alicyclic amines) is 1. The van der Waals surface area contributed by atoms with E-state index in [0.717, 1.165) is 22.4 Å². The predicted octanol–water partition coefficient (Wildman–Crippen LogP) is 3.83. The number of halogens is 2. The minimum Gasteiger partial charge on any atom is -0.456 e. The van der Waals surface area contributed by atoms with Crippen LogP contribution in [0.4, 0.5) is 0 Å². The third-order valence-corrected chi connectivity index (χ3v) is 10.6. The number of ketones is 1. The Morgan fingerprint density at radius 3 is 2.09 bits per heavy atom. The summed E-state index contributed by atoms with van der Waals surface area (Å²) in [5.74, 6) is -2.56. The van der Waals surface area contributed by atoms with Crippen LogP contribution in [0.3, 0.4) is 0 Å². The molecule has 2 bridgehead atoms. The Bertz CT molecular complexity index is 961. The van der Waals surface area contributed by atoms with Crippen LogP contribution in [-0.4, -0.2) is 50.8 Å². The van der Waals surface area contributed by atoms with E-state index >= 15 is 0 Å². The van der Waals surface area contributed by atoms with Crippen molar-refractivity contribution >= 4 is 55.4 Å². The molecule has 6 nitrogen and oxygen atoms in total. The van der Waals surface area contributed by atoms with Gasteiger partial charge in [-0.1, -0.05) is 57.8 Å². The molecule has 32 heavy (non-hydrogen) atoms. The van der Waals surface area contributed by atoms with Gasteiger partial charge in [0.05, 0.1) is 11.8 Å².